The van der Waals surface area contributed by atoms with E-state index in [2.05, 4.69) is 11.4 Å². The lowest BCUT2D eigenvalue weighted by Crippen LogP contribution is -2.13. The van der Waals surface area contributed by atoms with Gasteiger partial charge < -0.3 is 10.1 Å². The van der Waals surface area contributed by atoms with Crippen LogP contribution < -0.4 is 5.32 Å². The van der Waals surface area contributed by atoms with Crippen molar-refractivity contribution in [1.29, 1.82) is 5.26 Å². The Morgan fingerprint density at radius 2 is 1.73 bits per heavy atom. The zero-order valence-electron chi connectivity index (χ0n) is 16.6. The van der Waals surface area contributed by atoms with E-state index in [1.165, 1.54) is 0 Å². The Morgan fingerprint density at radius 3 is 2.33 bits per heavy atom. The van der Waals surface area contributed by atoms with Crippen LogP contribution in [0.25, 0.3) is 11.6 Å². The first-order valence-corrected chi connectivity index (χ1v) is 10.2. The second kappa shape index (κ2) is 9.68. The molecule has 1 aromatic heterocycles. The molecule has 0 saturated heterocycles. The topological polar surface area (TPSA) is 79.2 Å². The fourth-order valence-electron chi connectivity index (χ4n) is 2.91. The first kappa shape index (κ1) is 21.0. The summed E-state index contributed by atoms with van der Waals surface area (Å²) in [6, 6.07) is 20.9. The molecule has 30 heavy (non-hydrogen) atoms. The summed E-state index contributed by atoms with van der Waals surface area (Å²) < 4.78 is 5.06. The van der Waals surface area contributed by atoms with E-state index >= 15 is 0 Å². The normalized spacial score (nSPS) is 10.9. The fourth-order valence-corrected chi connectivity index (χ4v) is 3.96. The van der Waals surface area contributed by atoms with E-state index in [0.29, 0.717) is 21.0 Å². The zero-order chi connectivity index (χ0) is 21.5. The van der Waals surface area contributed by atoms with Crippen LogP contribution in [0.5, 0.6) is 0 Å². The van der Waals surface area contributed by atoms with Crippen molar-refractivity contribution in [1.82, 2.24) is 0 Å². The van der Waals surface area contributed by atoms with Crippen molar-refractivity contribution in [3.8, 4) is 6.07 Å². The van der Waals surface area contributed by atoms with Gasteiger partial charge in [0.25, 0.3) is 5.91 Å². The monoisotopic (exact) mass is 416 g/mol. The van der Waals surface area contributed by atoms with Gasteiger partial charge in [0.15, 0.2) is 0 Å². The molecular weight excluding hydrogens is 396 g/mol. The molecule has 1 amide bonds. The van der Waals surface area contributed by atoms with Crippen LogP contribution >= 0.6 is 11.3 Å². The Labute approximate surface area is 179 Å². The molecule has 3 rings (SSSR count). The Balaban J connectivity index is 1.99. The second-order valence-corrected chi connectivity index (χ2v) is 7.40. The van der Waals surface area contributed by atoms with Gasteiger partial charge in [0.2, 0.25) is 0 Å². The summed E-state index contributed by atoms with van der Waals surface area (Å²) in [5.74, 6) is -0.863. The number of esters is 1. The third-order valence-electron chi connectivity index (χ3n) is 4.39. The van der Waals surface area contributed by atoms with Gasteiger partial charge in [-0.3, -0.25) is 4.79 Å². The molecule has 0 radical (unpaired) electrons. The number of thiophene rings is 1. The maximum absolute atomic E-state index is 13.2. The lowest BCUT2D eigenvalue weighted by Gasteiger charge is -2.09. The maximum Gasteiger partial charge on any atom is 0.348 e. The Morgan fingerprint density at radius 1 is 1.10 bits per heavy atom. The number of amides is 1. The number of hydrogen-bond donors (Lipinski definition) is 1. The molecule has 0 atom stereocenters. The van der Waals surface area contributed by atoms with Gasteiger partial charge in [-0.05, 0) is 36.6 Å². The van der Waals surface area contributed by atoms with Gasteiger partial charge in [-0.2, -0.15) is 5.26 Å². The Kier molecular flexibility index (Phi) is 6.79. The van der Waals surface area contributed by atoms with E-state index < -0.39 is 5.97 Å². The van der Waals surface area contributed by atoms with Crippen LogP contribution in [0, 0.1) is 18.3 Å². The lowest BCUT2D eigenvalue weighted by molar-refractivity contribution is -0.111. The largest absolute Gasteiger partial charge is 0.462 e. The van der Waals surface area contributed by atoms with Crippen LogP contribution in [0.15, 0.2) is 60.7 Å². The van der Waals surface area contributed by atoms with Gasteiger partial charge in [-0.15, -0.1) is 11.3 Å². The molecule has 0 aliphatic carbocycles. The molecule has 1 N–H and O–H groups in total. The molecule has 0 saturated carbocycles. The summed E-state index contributed by atoms with van der Waals surface area (Å²) in [6.07, 6.45) is 1.80. The number of benzene rings is 2. The molecule has 0 aliphatic heterocycles. The fraction of sp³-hybridized carbons (Fsp3) is 0.125. The number of nitrogens with one attached hydrogen (secondary N) is 1. The smallest absolute Gasteiger partial charge is 0.348 e. The quantitative estimate of drug-likeness (QED) is 0.337. The van der Waals surface area contributed by atoms with Crippen LogP contribution in [0.4, 0.5) is 5.00 Å². The van der Waals surface area contributed by atoms with Crippen molar-refractivity contribution in [2.75, 3.05) is 11.9 Å². The first-order valence-electron chi connectivity index (χ1n) is 9.39. The SMILES string of the molecule is CCOC(=O)c1sc(NC(=O)/C(=C/c2ccccc2)c2ccccc2)c(C#N)c1C. The summed E-state index contributed by atoms with van der Waals surface area (Å²) in [5.41, 5.74) is 2.85. The van der Waals surface area contributed by atoms with Crippen molar-refractivity contribution in [3.05, 3.63) is 87.8 Å². The van der Waals surface area contributed by atoms with E-state index in [0.717, 1.165) is 22.5 Å². The van der Waals surface area contributed by atoms with Crippen molar-refractivity contribution in [2.24, 2.45) is 0 Å². The molecule has 1 heterocycles. The van der Waals surface area contributed by atoms with E-state index in [-0.39, 0.29) is 18.1 Å². The summed E-state index contributed by atoms with van der Waals surface area (Å²) in [7, 11) is 0. The predicted octanol–water partition coefficient (Wildman–Crippen LogP) is 5.28. The minimum absolute atomic E-state index is 0.234. The van der Waals surface area contributed by atoms with Gasteiger partial charge in [-0.25, -0.2) is 4.79 Å². The van der Waals surface area contributed by atoms with Crippen LogP contribution in [0.3, 0.4) is 0 Å². The van der Waals surface area contributed by atoms with Crippen LogP contribution in [0.2, 0.25) is 0 Å². The van der Waals surface area contributed by atoms with Crippen LogP contribution in [0.1, 0.15) is 38.8 Å². The number of anilines is 1. The number of carbonyl (C=O) groups is 2. The standard InChI is InChI=1S/C24H20N2O3S/c1-3-29-24(28)21-16(2)20(15-25)23(30-21)26-22(27)19(18-12-8-5-9-13-18)14-17-10-6-4-7-11-17/h4-14H,3H2,1-2H3,(H,26,27)/b19-14+. The lowest BCUT2D eigenvalue weighted by atomic mass is 10.0. The molecule has 0 bridgehead atoms. The highest BCUT2D eigenvalue weighted by Crippen LogP contribution is 2.34. The molecule has 0 aliphatic rings. The highest BCUT2D eigenvalue weighted by Gasteiger charge is 2.23. The summed E-state index contributed by atoms with van der Waals surface area (Å²) in [6.45, 7) is 3.63. The molecule has 2 aromatic carbocycles. The molecule has 0 spiro atoms. The molecule has 0 unspecified atom stereocenters. The molecule has 5 nitrogen and oxygen atoms in total. The molecule has 150 valence electrons. The number of carbonyl (C=O) groups excluding carboxylic acids is 2. The van der Waals surface area contributed by atoms with E-state index in [1.54, 1.807) is 19.9 Å². The van der Waals surface area contributed by atoms with Crippen molar-refractivity contribution >= 4 is 39.9 Å². The Bertz CT molecular complexity index is 1130. The average molecular weight is 417 g/mol. The summed E-state index contributed by atoms with van der Waals surface area (Å²) in [5, 5.41) is 12.7. The number of hydrogen-bond acceptors (Lipinski definition) is 5. The van der Waals surface area contributed by atoms with E-state index in [1.807, 2.05) is 60.7 Å². The number of ether oxygens (including phenoxy) is 1. The van der Waals surface area contributed by atoms with E-state index in [9.17, 15) is 14.9 Å². The zero-order valence-corrected chi connectivity index (χ0v) is 17.5. The number of nitriles is 1. The second-order valence-electron chi connectivity index (χ2n) is 6.38. The summed E-state index contributed by atoms with van der Waals surface area (Å²) in [4.78, 5) is 25.7. The summed E-state index contributed by atoms with van der Waals surface area (Å²) >= 11 is 1.05. The van der Waals surface area contributed by atoms with Gasteiger partial charge in [0, 0.05) is 5.57 Å². The van der Waals surface area contributed by atoms with Crippen molar-refractivity contribution in [3.63, 3.8) is 0 Å². The molecular formula is C24H20N2O3S. The number of nitrogens with zero attached hydrogens (tertiary/aromatic N) is 1. The third kappa shape index (κ3) is 4.65. The van der Waals surface area contributed by atoms with Crippen LogP contribution in [-0.2, 0) is 9.53 Å². The van der Waals surface area contributed by atoms with Crippen molar-refractivity contribution in [2.45, 2.75) is 13.8 Å². The molecule has 0 fully saturated rings. The van der Waals surface area contributed by atoms with E-state index in [4.69, 9.17) is 4.74 Å². The van der Waals surface area contributed by atoms with Gasteiger partial charge in [0.05, 0.1) is 12.2 Å². The third-order valence-corrected chi connectivity index (χ3v) is 5.57. The van der Waals surface area contributed by atoms with Crippen molar-refractivity contribution < 1.29 is 14.3 Å². The van der Waals surface area contributed by atoms with Gasteiger partial charge >= 0.3 is 5.97 Å². The minimum Gasteiger partial charge on any atom is -0.462 e. The molecule has 3 aromatic rings. The maximum atomic E-state index is 13.2. The van der Waals surface area contributed by atoms with Gasteiger partial charge in [-0.1, -0.05) is 60.7 Å². The predicted molar refractivity (Wildman–Crippen MR) is 119 cm³/mol. The van der Waals surface area contributed by atoms with Crippen LogP contribution in [-0.4, -0.2) is 18.5 Å². The number of rotatable bonds is 6. The average Bonchev–Trinajstić information content (AvgIpc) is 3.08. The Hall–Kier alpha value is -3.69. The highest BCUT2D eigenvalue weighted by molar-refractivity contribution is 7.18. The van der Waals surface area contributed by atoms with Gasteiger partial charge in [0.1, 0.15) is 15.9 Å². The highest BCUT2D eigenvalue weighted by atomic mass is 32.1. The first-order chi connectivity index (χ1) is 14.5. The minimum atomic E-state index is -0.500. The molecule has 6 heteroatoms.